The minimum atomic E-state index is -0.316. The van der Waals surface area contributed by atoms with Crippen LogP contribution in [-0.2, 0) is 20.9 Å². The molecular formula is C25H26FN5O3S. The van der Waals surface area contributed by atoms with Gasteiger partial charge in [0.15, 0.2) is 11.0 Å². The van der Waals surface area contributed by atoms with Gasteiger partial charge in [-0.05, 0) is 61.7 Å². The van der Waals surface area contributed by atoms with E-state index in [0.717, 1.165) is 37.1 Å². The van der Waals surface area contributed by atoms with Crippen molar-refractivity contribution in [2.75, 3.05) is 29.1 Å². The highest BCUT2D eigenvalue weighted by atomic mass is 32.2. The first-order valence-corrected chi connectivity index (χ1v) is 12.7. The van der Waals surface area contributed by atoms with E-state index in [1.165, 1.54) is 23.9 Å². The van der Waals surface area contributed by atoms with Crippen LogP contribution in [0.25, 0.3) is 11.4 Å². The number of ether oxygens (including phenoxy) is 1. The minimum Gasteiger partial charge on any atom is -0.376 e. The van der Waals surface area contributed by atoms with Gasteiger partial charge in [0, 0.05) is 36.5 Å². The Bertz CT molecular complexity index is 1210. The van der Waals surface area contributed by atoms with E-state index < -0.39 is 0 Å². The van der Waals surface area contributed by atoms with E-state index in [4.69, 9.17) is 4.74 Å². The van der Waals surface area contributed by atoms with Crippen LogP contribution in [0.5, 0.6) is 0 Å². The molecule has 10 heteroatoms. The van der Waals surface area contributed by atoms with Crippen molar-refractivity contribution in [3.8, 4) is 11.4 Å². The smallest absolute Gasteiger partial charge is 0.234 e. The largest absolute Gasteiger partial charge is 0.376 e. The third-order valence-corrected chi connectivity index (χ3v) is 7.04. The maximum absolute atomic E-state index is 13.4. The second-order valence-electron chi connectivity index (χ2n) is 8.59. The summed E-state index contributed by atoms with van der Waals surface area (Å²) in [7, 11) is 0. The fourth-order valence-corrected chi connectivity index (χ4v) is 5.11. The Kier molecular flexibility index (Phi) is 7.10. The zero-order valence-electron chi connectivity index (χ0n) is 19.2. The molecule has 1 aromatic heterocycles. The van der Waals surface area contributed by atoms with Gasteiger partial charge < -0.3 is 15.0 Å². The first-order valence-electron chi connectivity index (χ1n) is 11.7. The van der Waals surface area contributed by atoms with E-state index in [1.54, 1.807) is 23.1 Å². The molecule has 2 amide bonds. The summed E-state index contributed by atoms with van der Waals surface area (Å²) < 4.78 is 21.2. The molecule has 1 unspecified atom stereocenters. The molecule has 0 radical (unpaired) electrons. The summed E-state index contributed by atoms with van der Waals surface area (Å²) >= 11 is 1.29. The lowest BCUT2D eigenvalue weighted by Gasteiger charge is -2.17. The Labute approximate surface area is 206 Å². The zero-order valence-corrected chi connectivity index (χ0v) is 20.0. The van der Waals surface area contributed by atoms with E-state index in [1.807, 2.05) is 22.8 Å². The van der Waals surface area contributed by atoms with Gasteiger partial charge in [0.2, 0.25) is 11.8 Å². The molecule has 5 rings (SSSR count). The predicted molar refractivity (Wildman–Crippen MR) is 132 cm³/mol. The van der Waals surface area contributed by atoms with Crippen LogP contribution >= 0.6 is 11.8 Å². The molecule has 0 aliphatic carbocycles. The molecule has 3 heterocycles. The van der Waals surface area contributed by atoms with Crippen LogP contribution in [0.3, 0.4) is 0 Å². The summed E-state index contributed by atoms with van der Waals surface area (Å²) in [5.74, 6) is 0.358. The molecule has 0 spiro atoms. The average Bonchev–Trinajstić information content (AvgIpc) is 3.61. The van der Waals surface area contributed by atoms with Gasteiger partial charge in [-0.1, -0.05) is 17.8 Å². The van der Waals surface area contributed by atoms with Crippen LogP contribution in [0.2, 0.25) is 0 Å². The molecule has 2 fully saturated rings. The summed E-state index contributed by atoms with van der Waals surface area (Å²) in [5, 5.41) is 12.2. The molecule has 2 saturated heterocycles. The fourth-order valence-electron chi connectivity index (χ4n) is 4.36. The molecule has 2 aromatic carbocycles. The molecule has 35 heavy (non-hydrogen) atoms. The predicted octanol–water partition coefficient (Wildman–Crippen LogP) is 4.12. The number of halogens is 1. The highest BCUT2D eigenvalue weighted by Crippen LogP contribution is 2.28. The molecule has 0 bridgehead atoms. The van der Waals surface area contributed by atoms with Crippen LogP contribution < -0.4 is 10.2 Å². The Morgan fingerprint density at radius 1 is 1.17 bits per heavy atom. The molecule has 3 aromatic rings. The van der Waals surface area contributed by atoms with Crippen molar-refractivity contribution < 1.29 is 18.7 Å². The number of nitrogens with zero attached hydrogens (tertiary/aromatic N) is 4. The van der Waals surface area contributed by atoms with E-state index in [2.05, 4.69) is 15.5 Å². The number of nitrogens with one attached hydrogen (secondary N) is 1. The van der Waals surface area contributed by atoms with Crippen molar-refractivity contribution in [1.29, 1.82) is 0 Å². The van der Waals surface area contributed by atoms with E-state index in [0.29, 0.717) is 36.2 Å². The summed E-state index contributed by atoms with van der Waals surface area (Å²) in [5.41, 5.74) is 2.18. The third kappa shape index (κ3) is 5.54. The van der Waals surface area contributed by atoms with Crippen LogP contribution in [0.4, 0.5) is 15.8 Å². The Balaban J connectivity index is 1.28. The van der Waals surface area contributed by atoms with Crippen molar-refractivity contribution in [3.05, 3.63) is 54.3 Å². The summed E-state index contributed by atoms with van der Waals surface area (Å²) in [6.45, 7) is 1.99. The molecule has 2 aliphatic heterocycles. The standard InChI is InChI=1S/C25H26FN5O3S/c26-18-10-8-17(9-11-18)24-28-29-25(31(24)15-21-6-3-13-34-21)35-16-22(32)27-19-4-1-5-20(14-19)30-12-2-7-23(30)33/h1,4-5,8-11,14,21H,2-3,6-7,12-13,15-16H2,(H,27,32). The Morgan fingerprint density at radius 2 is 2.03 bits per heavy atom. The molecular weight excluding hydrogens is 469 g/mol. The van der Waals surface area contributed by atoms with Gasteiger partial charge in [-0.15, -0.1) is 10.2 Å². The van der Waals surface area contributed by atoms with Crippen molar-refractivity contribution >= 4 is 35.0 Å². The van der Waals surface area contributed by atoms with Crippen LogP contribution in [0.15, 0.2) is 53.7 Å². The quantitative estimate of drug-likeness (QED) is 0.473. The highest BCUT2D eigenvalue weighted by Gasteiger charge is 2.23. The van der Waals surface area contributed by atoms with Gasteiger partial charge in [0.05, 0.1) is 18.4 Å². The average molecular weight is 496 g/mol. The Morgan fingerprint density at radius 3 is 2.77 bits per heavy atom. The van der Waals surface area contributed by atoms with Crippen molar-refractivity contribution in [2.45, 2.75) is 43.5 Å². The lowest BCUT2D eigenvalue weighted by atomic mass is 10.2. The normalized spacial score (nSPS) is 17.8. The zero-order chi connectivity index (χ0) is 24.2. The number of carbonyl (C=O) groups is 2. The Hall–Kier alpha value is -3.24. The van der Waals surface area contributed by atoms with Gasteiger partial charge in [0.25, 0.3) is 0 Å². The number of hydrogen-bond donors (Lipinski definition) is 1. The SMILES string of the molecule is O=C(CSc1nnc(-c2ccc(F)cc2)n1CC1CCCO1)Nc1cccc(N2CCCC2=O)c1. The fraction of sp³-hybridized carbons (Fsp3) is 0.360. The first-order chi connectivity index (χ1) is 17.1. The van der Waals surface area contributed by atoms with Gasteiger partial charge in [-0.3, -0.25) is 14.2 Å². The monoisotopic (exact) mass is 495 g/mol. The van der Waals surface area contributed by atoms with Gasteiger partial charge in [-0.25, -0.2) is 4.39 Å². The summed E-state index contributed by atoms with van der Waals surface area (Å²) in [6.07, 6.45) is 3.40. The second kappa shape index (κ2) is 10.6. The number of amides is 2. The molecule has 1 N–H and O–H groups in total. The molecule has 0 saturated carbocycles. The highest BCUT2D eigenvalue weighted by molar-refractivity contribution is 7.99. The molecule has 1 atom stereocenters. The van der Waals surface area contributed by atoms with Crippen LogP contribution in [-0.4, -0.2) is 51.6 Å². The summed E-state index contributed by atoms with van der Waals surface area (Å²) in [4.78, 5) is 26.5. The lowest BCUT2D eigenvalue weighted by molar-refractivity contribution is -0.117. The van der Waals surface area contributed by atoms with Gasteiger partial charge >= 0.3 is 0 Å². The van der Waals surface area contributed by atoms with Crippen LogP contribution in [0.1, 0.15) is 25.7 Å². The van der Waals surface area contributed by atoms with Gasteiger partial charge in [0.1, 0.15) is 5.82 Å². The summed E-state index contributed by atoms with van der Waals surface area (Å²) in [6, 6.07) is 13.5. The second-order valence-corrected chi connectivity index (χ2v) is 9.54. The number of aromatic nitrogens is 3. The lowest BCUT2D eigenvalue weighted by Crippen LogP contribution is -2.24. The van der Waals surface area contributed by atoms with Crippen molar-refractivity contribution in [2.24, 2.45) is 0 Å². The minimum absolute atomic E-state index is 0.0504. The number of anilines is 2. The van der Waals surface area contributed by atoms with Crippen molar-refractivity contribution in [1.82, 2.24) is 14.8 Å². The number of benzene rings is 2. The molecule has 8 nitrogen and oxygen atoms in total. The van der Waals surface area contributed by atoms with E-state index in [-0.39, 0.29) is 29.5 Å². The number of carbonyl (C=O) groups excluding carboxylic acids is 2. The van der Waals surface area contributed by atoms with Gasteiger partial charge in [-0.2, -0.15) is 0 Å². The maximum atomic E-state index is 13.4. The first kappa shape index (κ1) is 23.5. The molecule has 2 aliphatic rings. The number of hydrogen-bond acceptors (Lipinski definition) is 6. The maximum Gasteiger partial charge on any atom is 0.234 e. The van der Waals surface area contributed by atoms with E-state index >= 15 is 0 Å². The number of thioether (sulfide) groups is 1. The van der Waals surface area contributed by atoms with E-state index in [9.17, 15) is 14.0 Å². The van der Waals surface area contributed by atoms with Crippen molar-refractivity contribution in [3.63, 3.8) is 0 Å². The number of rotatable bonds is 8. The third-order valence-electron chi connectivity index (χ3n) is 6.08. The topological polar surface area (TPSA) is 89.3 Å². The molecule has 182 valence electrons. The van der Waals surface area contributed by atoms with Crippen LogP contribution in [0, 0.1) is 5.82 Å².